The summed E-state index contributed by atoms with van der Waals surface area (Å²) < 4.78 is 102. The van der Waals surface area contributed by atoms with Crippen molar-refractivity contribution in [3.63, 3.8) is 0 Å². The Kier molecular flexibility index (Phi) is 8.29. The molecule has 0 N–H and O–H groups in total. The van der Waals surface area contributed by atoms with E-state index in [1.54, 1.807) is 30.3 Å². The number of aryl methyl sites for hydroxylation is 2. The number of hydrogen-bond acceptors (Lipinski definition) is 1. The van der Waals surface area contributed by atoms with Crippen LogP contribution in [0.5, 0.6) is 5.75 Å². The molecule has 0 aromatic heterocycles. The van der Waals surface area contributed by atoms with Crippen LogP contribution < -0.4 is 4.74 Å². The average molecular weight is 535 g/mol. The van der Waals surface area contributed by atoms with Crippen LogP contribution in [-0.4, -0.2) is 6.61 Å². The Labute approximate surface area is 215 Å². The van der Waals surface area contributed by atoms with E-state index in [-0.39, 0.29) is 29.4 Å². The number of fused-ring (bicyclic) bond motifs is 1. The topological polar surface area (TPSA) is 9.23 Å². The molecule has 4 aromatic carbocycles. The molecule has 0 aliphatic carbocycles. The maximum absolute atomic E-state index is 15.2. The molecule has 0 aliphatic rings. The maximum Gasteiger partial charge on any atom is 0.422 e. The lowest BCUT2D eigenvalue weighted by Gasteiger charge is -2.12. The third-order valence-corrected chi connectivity index (χ3v) is 6.37. The Hall–Kier alpha value is -3.55. The largest absolute Gasteiger partial charge is 0.493 e. The van der Waals surface area contributed by atoms with Gasteiger partial charge in [0.1, 0.15) is 34.6 Å². The first-order valence-electron chi connectivity index (χ1n) is 12.3. The van der Waals surface area contributed by atoms with Crippen molar-refractivity contribution in [3.05, 3.63) is 101 Å². The standard InChI is InChI=1S/C30H25F7O/c1-2-3-4-13-38-22-10-12-23(25(31)17-22)20-9-11-24-21(16-20)8-7-19(29(24)34)6-5-18-14-26(32)28(27(33)15-18)30(35,36)37/h7-12,14-17H,2-6,13H2,1H3. The number of rotatable bonds is 9. The molecule has 4 aromatic rings. The third-order valence-electron chi connectivity index (χ3n) is 6.37. The van der Waals surface area contributed by atoms with E-state index in [1.165, 1.54) is 18.2 Å². The molecule has 0 radical (unpaired) electrons. The molecular weight excluding hydrogens is 509 g/mol. The molecule has 0 saturated heterocycles. The van der Waals surface area contributed by atoms with E-state index in [0.717, 1.165) is 19.3 Å². The minimum absolute atomic E-state index is 0.0160. The van der Waals surface area contributed by atoms with E-state index < -0.39 is 35.0 Å². The molecule has 38 heavy (non-hydrogen) atoms. The molecule has 200 valence electrons. The highest BCUT2D eigenvalue weighted by atomic mass is 19.4. The van der Waals surface area contributed by atoms with Gasteiger partial charge in [0.05, 0.1) is 6.61 Å². The van der Waals surface area contributed by atoms with Crippen molar-refractivity contribution in [3.8, 4) is 16.9 Å². The van der Waals surface area contributed by atoms with Crippen molar-refractivity contribution >= 4 is 10.8 Å². The second-order valence-corrected chi connectivity index (χ2v) is 9.10. The first kappa shape index (κ1) is 27.5. The number of unbranched alkanes of at least 4 members (excludes halogenated alkanes) is 2. The zero-order valence-electron chi connectivity index (χ0n) is 20.6. The summed E-state index contributed by atoms with van der Waals surface area (Å²) in [6.07, 6.45) is -2.23. The van der Waals surface area contributed by atoms with Gasteiger partial charge in [-0.1, -0.05) is 44.0 Å². The molecule has 0 atom stereocenters. The van der Waals surface area contributed by atoms with Gasteiger partial charge in [0.25, 0.3) is 0 Å². The summed E-state index contributed by atoms with van der Waals surface area (Å²) in [5.41, 5.74) is -0.837. The molecule has 0 spiro atoms. The summed E-state index contributed by atoms with van der Waals surface area (Å²) in [5.74, 6) is -4.00. The monoisotopic (exact) mass is 534 g/mol. The zero-order chi connectivity index (χ0) is 27.4. The highest BCUT2D eigenvalue weighted by Gasteiger charge is 2.37. The van der Waals surface area contributed by atoms with Crippen molar-refractivity contribution in [2.75, 3.05) is 6.61 Å². The van der Waals surface area contributed by atoms with Crippen molar-refractivity contribution < 1.29 is 35.5 Å². The predicted octanol–water partition coefficient (Wildman–Crippen LogP) is 9.44. The fraction of sp³-hybridized carbons (Fsp3) is 0.267. The van der Waals surface area contributed by atoms with Gasteiger partial charge in [-0.2, -0.15) is 13.2 Å². The average Bonchev–Trinajstić information content (AvgIpc) is 2.85. The van der Waals surface area contributed by atoms with Crippen molar-refractivity contribution in [1.29, 1.82) is 0 Å². The first-order valence-corrected chi connectivity index (χ1v) is 12.3. The van der Waals surface area contributed by atoms with Gasteiger partial charge in [-0.3, -0.25) is 0 Å². The summed E-state index contributed by atoms with van der Waals surface area (Å²) in [7, 11) is 0. The minimum atomic E-state index is -5.15. The Morgan fingerprint density at radius 1 is 0.737 bits per heavy atom. The molecule has 0 heterocycles. The van der Waals surface area contributed by atoms with E-state index in [2.05, 4.69) is 6.92 Å². The van der Waals surface area contributed by atoms with Gasteiger partial charge in [-0.25, -0.2) is 17.6 Å². The van der Waals surface area contributed by atoms with Crippen LogP contribution >= 0.6 is 0 Å². The van der Waals surface area contributed by atoms with E-state index in [4.69, 9.17) is 4.74 Å². The second-order valence-electron chi connectivity index (χ2n) is 9.10. The maximum atomic E-state index is 15.2. The molecule has 0 bridgehead atoms. The van der Waals surface area contributed by atoms with Gasteiger partial charge in [0.15, 0.2) is 0 Å². The zero-order valence-corrected chi connectivity index (χ0v) is 20.6. The first-order chi connectivity index (χ1) is 18.1. The molecule has 0 aliphatic heterocycles. The van der Waals surface area contributed by atoms with E-state index in [1.807, 2.05) is 0 Å². The lowest BCUT2D eigenvalue weighted by molar-refractivity contribution is -0.142. The fourth-order valence-corrected chi connectivity index (χ4v) is 4.38. The number of alkyl halides is 3. The number of ether oxygens (including phenoxy) is 1. The van der Waals surface area contributed by atoms with Crippen LogP contribution in [0.2, 0.25) is 0 Å². The summed E-state index contributed by atoms with van der Waals surface area (Å²) in [4.78, 5) is 0. The molecule has 4 rings (SSSR count). The molecule has 1 nitrogen and oxygen atoms in total. The van der Waals surface area contributed by atoms with Crippen molar-refractivity contribution in [2.45, 2.75) is 45.2 Å². The molecule has 0 unspecified atom stereocenters. The Morgan fingerprint density at radius 2 is 1.47 bits per heavy atom. The Balaban J connectivity index is 1.51. The molecule has 0 fully saturated rings. The second kappa shape index (κ2) is 11.5. The van der Waals surface area contributed by atoms with Gasteiger partial charge in [0, 0.05) is 17.0 Å². The highest BCUT2D eigenvalue weighted by molar-refractivity contribution is 5.88. The quantitative estimate of drug-likeness (QED) is 0.154. The van der Waals surface area contributed by atoms with E-state index in [0.29, 0.717) is 41.0 Å². The van der Waals surface area contributed by atoms with Crippen LogP contribution in [0.15, 0.2) is 60.7 Å². The Bertz CT molecular complexity index is 1420. The van der Waals surface area contributed by atoms with Gasteiger partial charge in [-0.15, -0.1) is 0 Å². The van der Waals surface area contributed by atoms with Gasteiger partial charge >= 0.3 is 6.18 Å². The molecular formula is C30H25F7O. The van der Waals surface area contributed by atoms with Crippen LogP contribution in [-0.2, 0) is 19.0 Å². The Morgan fingerprint density at radius 3 is 2.13 bits per heavy atom. The molecule has 0 amide bonds. The van der Waals surface area contributed by atoms with Gasteiger partial charge in [-0.05, 0) is 71.7 Å². The van der Waals surface area contributed by atoms with Crippen LogP contribution in [0.1, 0.15) is 42.9 Å². The summed E-state index contributed by atoms with van der Waals surface area (Å²) in [6.45, 7) is 2.59. The highest BCUT2D eigenvalue weighted by Crippen LogP contribution is 2.35. The fourth-order valence-electron chi connectivity index (χ4n) is 4.38. The predicted molar refractivity (Wildman–Crippen MR) is 133 cm³/mol. The summed E-state index contributed by atoms with van der Waals surface area (Å²) >= 11 is 0. The van der Waals surface area contributed by atoms with E-state index in [9.17, 15) is 26.3 Å². The van der Waals surface area contributed by atoms with Crippen molar-refractivity contribution in [1.82, 2.24) is 0 Å². The number of hydrogen-bond donors (Lipinski definition) is 0. The minimum Gasteiger partial charge on any atom is -0.493 e. The SMILES string of the molecule is CCCCCOc1ccc(-c2ccc3c(F)c(CCc4cc(F)c(C(F)(F)F)c(F)c4)ccc3c2)c(F)c1. The van der Waals surface area contributed by atoms with Crippen LogP contribution in [0.25, 0.3) is 21.9 Å². The van der Waals surface area contributed by atoms with Crippen LogP contribution in [0, 0.1) is 23.3 Å². The normalized spacial score (nSPS) is 11.8. The van der Waals surface area contributed by atoms with Crippen LogP contribution in [0.3, 0.4) is 0 Å². The third kappa shape index (κ3) is 6.11. The van der Waals surface area contributed by atoms with Gasteiger partial charge < -0.3 is 4.74 Å². The summed E-state index contributed by atoms with van der Waals surface area (Å²) in [5, 5.41) is 0.793. The number of halogens is 7. The summed E-state index contributed by atoms with van der Waals surface area (Å²) in [6, 6.07) is 13.8. The van der Waals surface area contributed by atoms with Crippen LogP contribution in [0.4, 0.5) is 30.7 Å². The lowest BCUT2D eigenvalue weighted by Crippen LogP contribution is -2.12. The van der Waals surface area contributed by atoms with Crippen molar-refractivity contribution in [2.24, 2.45) is 0 Å². The molecule has 0 saturated carbocycles. The smallest absolute Gasteiger partial charge is 0.422 e. The lowest BCUT2D eigenvalue weighted by atomic mass is 9.96. The van der Waals surface area contributed by atoms with Gasteiger partial charge in [0.2, 0.25) is 0 Å². The molecule has 8 heteroatoms. The number of benzene rings is 4. The van der Waals surface area contributed by atoms with E-state index >= 15 is 4.39 Å².